The Morgan fingerprint density at radius 3 is 2.65 bits per heavy atom. The summed E-state index contributed by atoms with van der Waals surface area (Å²) in [6.45, 7) is 2.64. The third kappa shape index (κ3) is 4.78. The number of hydrogen-bond acceptors (Lipinski definition) is 3. The van der Waals surface area contributed by atoms with Crippen molar-refractivity contribution in [2.75, 3.05) is 12.4 Å². The van der Waals surface area contributed by atoms with Gasteiger partial charge in [0.1, 0.15) is 5.82 Å². The Kier molecular flexibility index (Phi) is 6.05. The maximum atomic E-state index is 14.1. The molecule has 0 saturated carbocycles. The molecule has 1 amide bonds. The fourth-order valence-electron chi connectivity index (χ4n) is 3.68. The van der Waals surface area contributed by atoms with Gasteiger partial charge in [0.2, 0.25) is 0 Å². The summed E-state index contributed by atoms with van der Waals surface area (Å²) in [5.74, 6) is -0.404. The van der Waals surface area contributed by atoms with E-state index in [9.17, 15) is 9.18 Å². The zero-order valence-electron chi connectivity index (χ0n) is 17.5. The van der Waals surface area contributed by atoms with Crippen LogP contribution in [0.1, 0.15) is 34.5 Å². The average molecular weight is 413 g/mol. The van der Waals surface area contributed by atoms with E-state index in [1.54, 1.807) is 24.4 Å². The smallest absolute Gasteiger partial charge is 0.255 e. The van der Waals surface area contributed by atoms with Crippen LogP contribution in [0.5, 0.6) is 0 Å². The standard InChI is InChI=1S/C26H24FN3O/c1-18(30(2)17-22-15-23(27)14-21-11-7-13-28-25(21)22)20-10-6-12-24(16-20)29-26(31)19-8-4-3-5-9-19/h3-16,18H,17H2,1-2H3,(H,29,31). The Morgan fingerprint density at radius 1 is 1.03 bits per heavy atom. The molecule has 0 radical (unpaired) electrons. The van der Waals surface area contributed by atoms with Gasteiger partial charge in [0.05, 0.1) is 5.52 Å². The van der Waals surface area contributed by atoms with Crippen molar-refractivity contribution in [1.29, 1.82) is 0 Å². The predicted octanol–water partition coefficient (Wildman–Crippen LogP) is 5.82. The van der Waals surface area contributed by atoms with Gasteiger partial charge in [-0.3, -0.25) is 14.7 Å². The second-order valence-corrected chi connectivity index (χ2v) is 7.68. The van der Waals surface area contributed by atoms with E-state index in [1.807, 2.05) is 61.6 Å². The molecule has 0 aliphatic rings. The Balaban J connectivity index is 1.51. The van der Waals surface area contributed by atoms with Crippen LogP contribution in [0, 0.1) is 5.82 Å². The number of nitrogens with zero attached hydrogens (tertiary/aromatic N) is 2. The second-order valence-electron chi connectivity index (χ2n) is 7.68. The first kappa shape index (κ1) is 20.7. The van der Waals surface area contributed by atoms with Crippen LogP contribution < -0.4 is 5.32 Å². The molecule has 5 heteroatoms. The number of pyridine rings is 1. The van der Waals surface area contributed by atoms with Gasteiger partial charge in [-0.05, 0) is 67.6 Å². The molecule has 1 N–H and O–H groups in total. The number of benzene rings is 3. The summed E-state index contributed by atoms with van der Waals surface area (Å²) >= 11 is 0. The lowest BCUT2D eigenvalue weighted by Crippen LogP contribution is -2.22. The van der Waals surface area contributed by atoms with E-state index in [1.165, 1.54) is 6.07 Å². The molecule has 156 valence electrons. The minimum Gasteiger partial charge on any atom is -0.322 e. The monoisotopic (exact) mass is 413 g/mol. The molecular formula is C26H24FN3O. The number of hydrogen-bond donors (Lipinski definition) is 1. The molecule has 0 saturated heterocycles. The van der Waals surface area contributed by atoms with E-state index < -0.39 is 0 Å². The molecule has 3 aromatic carbocycles. The van der Waals surface area contributed by atoms with Crippen molar-refractivity contribution < 1.29 is 9.18 Å². The predicted molar refractivity (Wildman–Crippen MR) is 122 cm³/mol. The number of rotatable bonds is 6. The highest BCUT2D eigenvalue weighted by molar-refractivity contribution is 6.04. The Labute approximate surface area is 181 Å². The molecule has 1 unspecified atom stereocenters. The molecule has 1 heterocycles. The summed E-state index contributed by atoms with van der Waals surface area (Å²) in [4.78, 5) is 19.0. The van der Waals surface area contributed by atoms with Gasteiger partial charge in [-0.25, -0.2) is 4.39 Å². The van der Waals surface area contributed by atoms with Gasteiger partial charge in [-0.1, -0.05) is 36.4 Å². The van der Waals surface area contributed by atoms with E-state index in [4.69, 9.17) is 0 Å². The lowest BCUT2D eigenvalue weighted by Gasteiger charge is -2.26. The summed E-state index contributed by atoms with van der Waals surface area (Å²) in [5.41, 5.74) is 4.07. The van der Waals surface area contributed by atoms with Crippen molar-refractivity contribution in [2.24, 2.45) is 0 Å². The Morgan fingerprint density at radius 2 is 1.84 bits per heavy atom. The highest BCUT2D eigenvalue weighted by Gasteiger charge is 2.16. The number of aromatic nitrogens is 1. The summed E-state index contributed by atoms with van der Waals surface area (Å²) in [6.07, 6.45) is 1.73. The first-order valence-corrected chi connectivity index (χ1v) is 10.2. The highest BCUT2D eigenvalue weighted by Crippen LogP contribution is 2.26. The summed E-state index contributed by atoms with van der Waals surface area (Å²) < 4.78 is 14.1. The molecule has 4 rings (SSSR count). The number of halogens is 1. The van der Waals surface area contributed by atoms with Gasteiger partial charge in [-0.15, -0.1) is 0 Å². The second kappa shape index (κ2) is 9.06. The molecule has 0 aliphatic heterocycles. The van der Waals surface area contributed by atoms with Gasteiger partial charge in [0.25, 0.3) is 5.91 Å². The summed E-state index contributed by atoms with van der Waals surface area (Å²) in [6, 6.07) is 23.7. The fourth-order valence-corrected chi connectivity index (χ4v) is 3.68. The Bertz CT molecular complexity index is 1210. The average Bonchev–Trinajstić information content (AvgIpc) is 2.79. The van der Waals surface area contributed by atoms with Crippen LogP contribution in [0.25, 0.3) is 10.9 Å². The van der Waals surface area contributed by atoms with E-state index in [2.05, 4.69) is 22.1 Å². The first-order chi connectivity index (χ1) is 15.0. The van der Waals surface area contributed by atoms with Crippen LogP contribution >= 0.6 is 0 Å². The first-order valence-electron chi connectivity index (χ1n) is 10.2. The summed E-state index contributed by atoms with van der Waals surface area (Å²) in [5, 5.41) is 3.75. The van der Waals surface area contributed by atoms with Gasteiger partial charge >= 0.3 is 0 Å². The van der Waals surface area contributed by atoms with Crippen LogP contribution in [0.4, 0.5) is 10.1 Å². The number of anilines is 1. The minimum atomic E-state index is -0.262. The fraction of sp³-hybridized carbons (Fsp3) is 0.154. The zero-order valence-corrected chi connectivity index (χ0v) is 17.5. The molecule has 0 aliphatic carbocycles. The molecule has 0 fully saturated rings. The molecular weight excluding hydrogens is 389 g/mol. The van der Waals surface area contributed by atoms with Crippen LogP contribution in [-0.2, 0) is 6.54 Å². The van der Waals surface area contributed by atoms with Crippen LogP contribution in [0.15, 0.2) is 85.1 Å². The molecule has 1 atom stereocenters. The third-order valence-corrected chi connectivity index (χ3v) is 5.49. The number of carbonyl (C=O) groups is 1. The van der Waals surface area contributed by atoms with Crippen LogP contribution in [-0.4, -0.2) is 22.8 Å². The van der Waals surface area contributed by atoms with Crippen molar-refractivity contribution in [3.63, 3.8) is 0 Å². The zero-order chi connectivity index (χ0) is 21.8. The van der Waals surface area contributed by atoms with E-state index >= 15 is 0 Å². The molecule has 0 spiro atoms. The van der Waals surface area contributed by atoms with Crippen LogP contribution in [0.2, 0.25) is 0 Å². The van der Waals surface area contributed by atoms with E-state index in [-0.39, 0.29) is 17.8 Å². The number of nitrogens with one attached hydrogen (secondary N) is 1. The number of fused-ring (bicyclic) bond motifs is 1. The van der Waals surface area contributed by atoms with Crippen LogP contribution in [0.3, 0.4) is 0 Å². The quantitative estimate of drug-likeness (QED) is 0.433. The summed E-state index contributed by atoms with van der Waals surface area (Å²) in [7, 11) is 2.00. The van der Waals surface area contributed by atoms with Gasteiger partial charge in [-0.2, -0.15) is 0 Å². The van der Waals surface area contributed by atoms with E-state index in [0.29, 0.717) is 12.1 Å². The topological polar surface area (TPSA) is 45.2 Å². The van der Waals surface area contributed by atoms with Crippen molar-refractivity contribution >= 4 is 22.5 Å². The molecule has 0 bridgehead atoms. The normalized spacial score (nSPS) is 12.1. The molecule has 4 nitrogen and oxygen atoms in total. The minimum absolute atomic E-state index is 0.0515. The van der Waals surface area contributed by atoms with Gasteiger partial charge in [0.15, 0.2) is 0 Å². The molecule has 4 aromatic rings. The largest absolute Gasteiger partial charge is 0.322 e. The lowest BCUT2D eigenvalue weighted by atomic mass is 10.0. The number of carbonyl (C=O) groups excluding carboxylic acids is 1. The van der Waals surface area contributed by atoms with E-state index in [0.717, 1.165) is 27.7 Å². The van der Waals surface area contributed by atoms with Gasteiger partial charge < -0.3 is 5.32 Å². The maximum absolute atomic E-state index is 14.1. The lowest BCUT2D eigenvalue weighted by molar-refractivity contribution is 0.102. The van der Waals surface area contributed by atoms with Gasteiger partial charge in [0, 0.05) is 35.4 Å². The SMILES string of the molecule is CC(c1cccc(NC(=O)c2ccccc2)c1)N(C)Cc1cc(F)cc2cccnc12. The maximum Gasteiger partial charge on any atom is 0.255 e. The van der Waals surface area contributed by atoms with Crippen molar-refractivity contribution in [3.05, 3.63) is 108 Å². The highest BCUT2D eigenvalue weighted by atomic mass is 19.1. The van der Waals surface area contributed by atoms with Crippen molar-refractivity contribution in [3.8, 4) is 0 Å². The Hall–Kier alpha value is -3.57. The number of amides is 1. The molecule has 1 aromatic heterocycles. The van der Waals surface area contributed by atoms with Crippen molar-refractivity contribution in [2.45, 2.75) is 19.5 Å². The van der Waals surface area contributed by atoms with Crippen molar-refractivity contribution in [1.82, 2.24) is 9.88 Å². The third-order valence-electron chi connectivity index (χ3n) is 5.49. The molecule has 31 heavy (non-hydrogen) atoms.